The molecule has 1 rings (SSSR count). The molecule has 0 aliphatic heterocycles. The average molecular weight is 247 g/mol. The topological polar surface area (TPSA) is 46.2 Å². The van der Waals surface area contributed by atoms with Crippen molar-refractivity contribution >= 4 is 11.7 Å². The Bertz CT molecular complexity index is 470. The summed E-state index contributed by atoms with van der Waals surface area (Å²) in [5.41, 5.74) is 3.55. The number of carbonyl (C=O) groups excluding carboxylic acids is 2. The smallest absolute Gasteiger partial charge is 0.287 e. The van der Waals surface area contributed by atoms with Crippen LogP contribution in [0.3, 0.4) is 0 Å². The summed E-state index contributed by atoms with van der Waals surface area (Å²) in [4.78, 5) is 22.0. The van der Waals surface area contributed by atoms with Crippen LogP contribution in [0, 0.1) is 6.92 Å². The molecule has 0 radical (unpaired) electrons. The van der Waals surface area contributed by atoms with Crippen molar-refractivity contribution in [2.75, 3.05) is 0 Å². The number of aryl methyl sites for hydroxylation is 1. The van der Waals surface area contributed by atoms with Crippen LogP contribution in [0.1, 0.15) is 44.4 Å². The van der Waals surface area contributed by atoms with Crippen molar-refractivity contribution < 1.29 is 9.59 Å². The highest BCUT2D eigenvalue weighted by Crippen LogP contribution is 2.24. The quantitative estimate of drug-likeness (QED) is 0.834. The summed E-state index contributed by atoms with van der Waals surface area (Å²) in [5, 5.41) is 2.61. The zero-order valence-electron chi connectivity index (χ0n) is 11.8. The minimum atomic E-state index is -0.533. The number of hydrogen-bond acceptors (Lipinski definition) is 2. The van der Waals surface area contributed by atoms with E-state index < -0.39 is 11.7 Å². The molecule has 0 saturated heterocycles. The number of Topliss-reactive ketones (excluding diaryl/α,β-unsaturated/α-hetero) is 1. The largest absolute Gasteiger partial charge is 0.345 e. The second-order valence-electron chi connectivity index (χ2n) is 5.63. The van der Waals surface area contributed by atoms with Crippen molar-refractivity contribution in [2.24, 2.45) is 0 Å². The average Bonchev–Trinajstić information content (AvgIpc) is 2.25. The first-order valence-electron chi connectivity index (χ1n) is 6.10. The second kappa shape index (κ2) is 5.34. The molecule has 1 aromatic rings. The number of hydrogen-bond donors (Lipinski definition) is 1. The van der Waals surface area contributed by atoms with E-state index in [1.807, 2.05) is 13.0 Å². The van der Waals surface area contributed by atoms with Crippen LogP contribution < -0.4 is 5.32 Å². The molecular formula is C15H21NO2. The summed E-state index contributed by atoms with van der Waals surface area (Å²) >= 11 is 0. The molecule has 0 fully saturated rings. The summed E-state index contributed by atoms with van der Waals surface area (Å²) in [6.45, 7) is 10.2. The SMILES string of the molecule is CC(=O)C(=O)NCc1ccc(C(C)(C)C)cc1C. The molecule has 0 aliphatic carbocycles. The molecule has 0 saturated carbocycles. The minimum Gasteiger partial charge on any atom is -0.345 e. The third-order valence-electron chi connectivity index (χ3n) is 2.97. The summed E-state index contributed by atoms with van der Waals surface area (Å²) < 4.78 is 0. The van der Waals surface area contributed by atoms with Crippen molar-refractivity contribution in [1.82, 2.24) is 5.32 Å². The van der Waals surface area contributed by atoms with Crippen LogP contribution in [-0.2, 0) is 21.5 Å². The number of ketones is 1. The molecule has 0 unspecified atom stereocenters. The monoisotopic (exact) mass is 247 g/mol. The fourth-order valence-corrected chi connectivity index (χ4v) is 1.66. The highest BCUT2D eigenvalue weighted by Gasteiger charge is 2.14. The molecule has 1 amide bonds. The maximum Gasteiger partial charge on any atom is 0.287 e. The summed E-state index contributed by atoms with van der Waals surface area (Å²) in [6.07, 6.45) is 0. The van der Waals surface area contributed by atoms with Gasteiger partial charge in [0.2, 0.25) is 5.78 Å². The van der Waals surface area contributed by atoms with E-state index in [4.69, 9.17) is 0 Å². The zero-order valence-corrected chi connectivity index (χ0v) is 11.8. The Labute approximate surface area is 109 Å². The van der Waals surface area contributed by atoms with Gasteiger partial charge in [-0.05, 0) is 29.0 Å². The maximum atomic E-state index is 11.2. The van der Waals surface area contributed by atoms with Gasteiger partial charge in [-0.2, -0.15) is 0 Å². The third kappa shape index (κ3) is 3.69. The van der Waals surface area contributed by atoms with E-state index in [1.165, 1.54) is 12.5 Å². The van der Waals surface area contributed by atoms with Crippen molar-refractivity contribution in [3.63, 3.8) is 0 Å². The predicted molar refractivity (Wildman–Crippen MR) is 72.4 cm³/mol. The normalized spacial score (nSPS) is 11.2. The first-order chi connectivity index (χ1) is 8.21. The Morgan fingerprint density at radius 3 is 2.28 bits per heavy atom. The molecule has 98 valence electrons. The van der Waals surface area contributed by atoms with Crippen LogP contribution in [0.4, 0.5) is 0 Å². The molecule has 0 aliphatic rings. The summed E-state index contributed by atoms with van der Waals surface area (Å²) in [5.74, 6) is -0.992. The Hall–Kier alpha value is -1.64. The van der Waals surface area contributed by atoms with Crippen LogP contribution in [0.15, 0.2) is 18.2 Å². The molecule has 18 heavy (non-hydrogen) atoms. The molecule has 0 bridgehead atoms. The minimum absolute atomic E-state index is 0.117. The predicted octanol–water partition coefficient (Wildman–Crippen LogP) is 2.50. The van der Waals surface area contributed by atoms with Crippen molar-refractivity contribution in [1.29, 1.82) is 0 Å². The van der Waals surface area contributed by atoms with Crippen LogP contribution in [0.25, 0.3) is 0 Å². The standard InChI is InChI=1S/C15H21NO2/c1-10-8-13(15(3,4)5)7-6-12(10)9-16-14(18)11(2)17/h6-8H,9H2,1-5H3,(H,16,18). The lowest BCUT2D eigenvalue weighted by molar-refractivity contribution is -0.136. The van der Waals surface area contributed by atoms with Gasteiger partial charge in [0.05, 0.1) is 0 Å². The van der Waals surface area contributed by atoms with Gasteiger partial charge in [-0.15, -0.1) is 0 Å². The molecule has 0 atom stereocenters. The Balaban J connectivity index is 2.81. The van der Waals surface area contributed by atoms with Crippen molar-refractivity contribution in [3.05, 3.63) is 34.9 Å². The van der Waals surface area contributed by atoms with Crippen LogP contribution in [-0.4, -0.2) is 11.7 Å². The van der Waals surface area contributed by atoms with Gasteiger partial charge in [0.15, 0.2) is 0 Å². The van der Waals surface area contributed by atoms with Crippen molar-refractivity contribution in [3.8, 4) is 0 Å². The number of nitrogens with one attached hydrogen (secondary N) is 1. The van der Waals surface area contributed by atoms with Crippen LogP contribution in [0.2, 0.25) is 0 Å². The number of rotatable bonds is 3. The van der Waals surface area contributed by atoms with E-state index in [9.17, 15) is 9.59 Å². The first kappa shape index (κ1) is 14.4. The summed E-state index contributed by atoms with van der Waals surface area (Å²) in [7, 11) is 0. The van der Waals surface area contributed by atoms with Gasteiger partial charge < -0.3 is 5.32 Å². The maximum absolute atomic E-state index is 11.2. The molecule has 0 aromatic heterocycles. The number of carbonyl (C=O) groups is 2. The van der Waals surface area contributed by atoms with E-state index in [2.05, 4.69) is 38.2 Å². The highest BCUT2D eigenvalue weighted by molar-refractivity contribution is 6.35. The van der Waals surface area contributed by atoms with E-state index in [0.29, 0.717) is 6.54 Å². The van der Waals surface area contributed by atoms with Gasteiger partial charge >= 0.3 is 0 Å². The highest BCUT2D eigenvalue weighted by atomic mass is 16.2. The summed E-state index contributed by atoms with van der Waals surface area (Å²) in [6, 6.07) is 6.22. The molecule has 3 nitrogen and oxygen atoms in total. The fraction of sp³-hybridized carbons (Fsp3) is 0.467. The third-order valence-corrected chi connectivity index (χ3v) is 2.97. The van der Waals surface area contributed by atoms with Gasteiger partial charge in [-0.1, -0.05) is 39.0 Å². The van der Waals surface area contributed by atoms with Crippen LogP contribution in [0.5, 0.6) is 0 Å². The second-order valence-corrected chi connectivity index (χ2v) is 5.63. The molecule has 3 heteroatoms. The Morgan fingerprint density at radius 2 is 1.83 bits per heavy atom. The molecular weight excluding hydrogens is 226 g/mol. The van der Waals surface area contributed by atoms with Crippen LogP contribution >= 0.6 is 0 Å². The fourth-order valence-electron chi connectivity index (χ4n) is 1.66. The first-order valence-corrected chi connectivity index (χ1v) is 6.10. The van der Waals surface area contributed by atoms with E-state index >= 15 is 0 Å². The van der Waals surface area contributed by atoms with Crippen molar-refractivity contribution in [2.45, 2.75) is 46.6 Å². The lowest BCUT2D eigenvalue weighted by atomic mass is 9.85. The van der Waals surface area contributed by atoms with E-state index in [1.54, 1.807) is 0 Å². The molecule has 0 spiro atoms. The van der Waals surface area contributed by atoms with E-state index in [-0.39, 0.29) is 5.41 Å². The van der Waals surface area contributed by atoms with Gasteiger partial charge in [-0.25, -0.2) is 0 Å². The number of benzene rings is 1. The van der Waals surface area contributed by atoms with Gasteiger partial charge in [0, 0.05) is 13.5 Å². The Morgan fingerprint density at radius 1 is 1.22 bits per heavy atom. The van der Waals surface area contributed by atoms with E-state index in [0.717, 1.165) is 11.1 Å². The lowest BCUT2D eigenvalue weighted by Crippen LogP contribution is -2.28. The number of amides is 1. The van der Waals surface area contributed by atoms with Gasteiger partial charge in [-0.3, -0.25) is 9.59 Å². The zero-order chi connectivity index (χ0) is 13.9. The van der Waals surface area contributed by atoms with Gasteiger partial charge in [0.25, 0.3) is 5.91 Å². The Kier molecular flexibility index (Phi) is 4.28. The van der Waals surface area contributed by atoms with Gasteiger partial charge in [0.1, 0.15) is 0 Å². The molecule has 0 heterocycles. The molecule has 1 N–H and O–H groups in total. The molecule has 1 aromatic carbocycles. The lowest BCUT2D eigenvalue weighted by Gasteiger charge is -2.20.